The van der Waals surface area contributed by atoms with E-state index in [1.807, 2.05) is 47.9 Å². The van der Waals surface area contributed by atoms with Gasteiger partial charge in [0.1, 0.15) is 5.69 Å². The third-order valence-electron chi connectivity index (χ3n) is 7.10. The van der Waals surface area contributed by atoms with Crippen LogP contribution in [0.4, 0.5) is 0 Å². The summed E-state index contributed by atoms with van der Waals surface area (Å²) in [5, 5.41) is 3.37. The highest BCUT2D eigenvalue weighted by atomic mass is 16.3. The summed E-state index contributed by atoms with van der Waals surface area (Å²) in [6, 6.07) is 13.6. The number of hydrogen-bond donors (Lipinski definition) is 1. The molecule has 1 fully saturated rings. The predicted octanol–water partition coefficient (Wildman–Crippen LogP) is 4.83. The zero-order valence-electron chi connectivity index (χ0n) is 18.7. The summed E-state index contributed by atoms with van der Waals surface area (Å²) in [5.74, 6) is -0.197. The molecule has 1 aromatic carbocycles. The van der Waals surface area contributed by atoms with Crippen molar-refractivity contribution in [3.8, 4) is 0 Å². The van der Waals surface area contributed by atoms with E-state index in [1.54, 1.807) is 17.2 Å². The fraction of sp³-hybridized carbons (Fsp3) is 0.462. The fourth-order valence-corrected chi connectivity index (χ4v) is 5.48. The average Bonchev–Trinajstić information content (AvgIpc) is 3.30. The topological polar surface area (TPSA) is 67.5 Å². The molecule has 3 heterocycles. The fourth-order valence-electron chi connectivity index (χ4n) is 5.48. The van der Waals surface area contributed by atoms with Gasteiger partial charge >= 0.3 is 0 Å². The summed E-state index contributed by atoms with van der Waals surface area (Å²) in [4.78, 5) is 29.8. The summed E-state index contributed by atoms with van der Waals surface area (Å²) in [7, 11) is 0. The lowest BCUT2D eigenvalue weighted by Crippen LogP contribution is -2.64. The first-order valence-corrected chi connectivity index (χ1v) is 11.9. The molecule has 3 aromatic rings. The van der Waals surface area contributed by atoms with E-state index in [9.17, 15) is 9.59 Å². The summed E-state index contributed by atoms with van der Waals surface area (Å²) >= 11 is 0. The van der Waals surface area contributed by atoms with Crippen molar-refractivity contribution < 1.29 is 14.0 Å². The van der Waals surface area contributed by atoms with Crippen molar-refractivity contribution >= 4 is 22.9 Å². The minimum Gasteiger partial charge on any atom is -0.463 e. The molecule has 1 N–H and O–H groups in total. The molecular weight excluding hydrogens is 402 g/mol. The Bertz CT molecular complexity index is 1110. The second-order valence-electron chi connectivity index (χ2n) is 9.13. The van der Waals surface area contributed by atoms with Gasteiger partial charge in [-0.25, -0.2) is 0 Å². The van der Waals surface area contributed by atoms with Crippen molar-refractivity contribution in [2.75, 3.05) is 6.54 Å². The highest BCUT2D eigenvalue weighted by molar-refractivity contribution is 6.03. The quantitative estimate of drug-likeness (QED) is 0.586. The van der Waals surface area contributed by atoms with Crippen LogP contribution in [0.2, 0.25) is 0 Å². The van der Waals surface area contributed by atoms with Crippen LogP contribution in [0.15, 0.2) is 53.1 Å². The average molecular weight is 434 g/mol. The highest BCUT2D eigenvalue weighted by Gasteiger charge is 2.52. The van der Waals surface area contributed by atoms with E-state index in [2.05, 4.69) is 5.32 Å². The molecule has 0 spiro atoms. The van der Waals surface area contributed by atoms with Gasteiger partial charge in [-0.15, -0.1) is 0 Å². The van der Waals surface area contributed by atoms with Gasteiger partial charge in [-0.3, -0.25) is 9.59 Å². The number of carbonyl (C=O) groups is 2. The van der Waals surface area contributed by atoms with Crippen LogP contribution < -0.4 is 5.32 Å². The van der Waals surface area contributed by atoms with Crippen LogP contribution in [0.3, 0.4) is 0 Å². The number of nitrogens with zero attached hydrogens (tertiary/aromatic N) is 2. The number of fused-ring (bicyclic) bond motifs is 3. The van der Waals surface area contributed by atoms with Crippen molar-refractivity contribution in [1.82, 2.24) is 14.8 Å². The molecule has 2 aliphatic rings. The van der Waals surface area contributed by atoms with E-state index in [0.29, 0.717) is 24.4 Å². The maximum atomic E-state index is 14.2. The van der Waals surface area contributed by atoms with Gasteiger partial charge in [-0.05, 0) is 24.8 Å². The van der Waals surface area contributed by atoms with Crippen LogP contribution >= 0.6 is 0 Å². The second kappa shape index (κ2) is 8.49. The molecule has 1 unspecified atom stereocenters. The monoisotopic (exact) mass is 433 g/mol. The first kappa shape index (κ1) is 20.9. The lowest BCUT2D eigenvalue weighted by atomic mass is 9.83. The maximum absolute atomic E-state index is 14.2. The van der Waals surface area contributed by atoms with Crippen molar-refractivity contribution in [2.24, 2.45) is 0 Å². The van der Waals surface area contributed by atoms with Crippen molar-refractivity contribution in [2.45, 2.75) is 70.0 Å². The Balaban J connectivity index is 1.64. The van der Waals surface area contributed by atoms with Gasteiger partial charge in [-0.1, -0.05) is 62.9 Å². The molecule has 6 nitrogen and oxygen atoms in total. The molecule has 0 saturated heterocycles. The Morgan fingerprint density at radius 2 is 1.88 bits per heavy atom. The standard InChI is InChI=1S/C26H31N3O3/c1-2-15-29-24(30)22-17-23-21(14-16-32-23)28(22)18-26(29,19-10-6-5-7-11-19)25(31)27-20-12-8-3-4-9-13-20/h5-7,10-11,14,16-17,20H,2-4,8-9,12-13,15,18H2,1H3,(H,27,31). The third-order valence-corrected chi connectivity index (χ3v) is 7.10. The zero-order chi connectivity index (χ0) is 22.1. The van der Waals surface area contributed by atoms with Gasteiger partial charge in [0.2, 0.25) is 0 Å². The zero-order valence-corrected chi connectivity index (χ0v) is 18.7. The van der Waals surface area contributed by atoms with Crippen LogP contribution in [-0.2, 0) is 16.9 Å². The van der Waals surface area contributed by atoms with Crippen LogP contribution in [0.1, 0.15) is 67.9 Å². The summed E-state index contributed by atoms with van der Waals surface area (Å²) in [6.45, 7) is 2.93. The number of carbonyl (C=O) groups excluding carboxylic acids is 2. The van der Waals surface area contributed by atoms with Crippen molar-refractivity contribution in [1.29, 1.82) is 0 Å². The Morgan fingerprint density at radius 3 is 2.59 bits per heavy atom. The van der Waals surface area contributed by atoms with E-state index in [1.165, 1.54) is 12.8 Å². The minimum absolute atomic E-state index is 0.0756. The normalized spacial score (nSPS) is 22.0. The van der Waals surface area contributed by atoms with Crippen LogP contribution in [0.5, 0.6) is 0 Å². The molecule has 0 bridgehead atoms. The van der Waals surface area contributed by atoms with E-state index in [0.717, 1.165) is 43.2 Å². The van der Waals surface area contributed by atoms with E-state index in [-0.39, 0.29) is 17.9 Å². The lowest BCUT2D eigenvalue weighted by molar-refractivity contribution is -0.135. The lowest BCUT2D eigenvalue weighted by Gasteiger charge is -2.47. The summed E-state index contributed by atoms with van der Waals surface area (Å²) < 4.78 is 7.56. The molecule has 32 heavy (non-hydrogen) atoms. The Labute approximate surface area is 188 Å². The molecule has 168 valence electrons. The van der Waals surface area contributed by atoms with Gasteiger partial charge in [0.15, 0.2) is 11.1 Å². The van der Waals surface area contributed by atoms with Gasteiger partial charge in [0, 0.05) is 24.7 Å². The summed E-state index contributed by atoms with van der Waals surface area (Å²) in [5.41, 5.74) is 1.87. The second-order valence-corrected chi connectivity index (χ2v) is 9.13. The maximum Gasteiger partial charge on any atom is 0.271 e. The van der Waals surface area contributed by atoms with Crippen LogP contribution in [0, 0.1) is 0 Å². The number of rotatable bonds is 5. The molecule has 1 aliphatic carbocycles. The number of amides is 2. The Kier molecular flexibility index (Phi) is 5.53. The molecule has 2 aromatic heterocycles. The van der Waals surface area contributed by atoms with Gasteiger partial charge < -0.3 is 19.2 Å². The van der Waals surface area contributed by atoms with Crippen molar-refractivity contribution in [3.05, 3.63) is 60.0 Å². The molecule has 1 atom stereocenters. The number of hydrogen-bond acceptors (Lipinski definition) is 3. The third kappa shape index (κ3) is 3.33. The summed E-state index contributed by atoms with van der Waals surface area (Å²) in [6.07, 6.45) is 9.13. The molecule has 2 amide bonds. The molecule has 5 rings (SSSR count). The van der Waals surface area contributed by atoms with Gasteiger partial charge in [-0.2, -0.15) is 0 Å². The smallest absolute Gasteiger partial charge is 0.271 e. The van der Waals surface area contributed by atoms with E-state index in [4.69, 9.17) is 4.42 Å². The van der Waals surface area contributed by atoms with E-state index >= 15 is 0 Å². The Hall–Kier alpha value is -3.02. The van der Waals surface area contributed by atoms with Gasteiger partial charge in [0.05, 0.1) is 18.3 Å². The largest absolute Gasteiger partial charge is 0.463 e. The molecule has 6 heteroatoms. The number of nitrogens with one attached hydrogen (secondary N) is 1. The number of furan rings is 1. The SMILES string of the molecule is CCCN1C(=O)c2cc3occc3n2CC1(C(=O)NC1CCCCCC1)c1ccccc1. The Morgan fingerprint density at radius 1 is 1.12 bits per heavy atom. The van der Waals surface area contributed by atoms with Crippen LogP contribution in [0.25, 0.3) is 11.1 Å². The van der Waals surface area contributed by atoms with Gasteiger partial charge in [0.25, 0.3) is 11.8 Å². The molecule has 1 saturated carbocycles. The first-order valence-electron chi connectivity index (χ1n) is 11.9. The number of aromatic nitrogens is 1. The van der Waals surface area contributed by atoms with E-state index < -0.39 is 5.54 Å². The number of benzene rings is 1. The molecule has 0 radical (unpaired) electrons. The highest BCUT2D eigenvalue weighted by Crippen LogP contribution is 2.39. The first-order chi connectivity index (χ1) is 15.6. The van der Waals surface area contributed by atoms with Crippen LogP contribution in [-0.4, -0.2) is 33.9 Å². The minimum atomic E-state index is -1.10. The molecular formula is C26H31N3O3. The molecule has 1 aliphatic heterocycles. The van der Waals surface area contributed by atoms with Crippen molar-refractivity contribution in [3.63, 3.8) is 0 Å². The predicted molar refractivity (Wildman–Crippen MR) is 123 cm³/mol.